The molecule has 0 unspecified atom stereocenters. The summed E-state index contributed by atoms with van der Waals surface area (Å²) in [5, 5.41) is 2.91. The van der Waals surface area contributed by atoms with E-state index in [9.17, 15) is 14.0 Å². The molecule has 1 fully saturated rings. The number of rotatable bonds is 4. The van der Waals surface area contributed by atoms with Crippen LogP contribution in [-0.4, -0.2) is 34.8 Å². The van der Waals surface area contributed by atoms with Crippen LogP contribution in [0.3, 0.4) is 0 Å². The van der Waals surface area contributed by atoms with Crippen LogP contribution in [0.5, 0.6) is 0 Å². The molecule has 7 heteroatoms. The molecule has 1 N–H and O–H groups in total. The highest BCUT2D eigenvalue weighted by Gasteiger charge is 2.28. The van der Waals surface area contributed by atoms with Crippen LogP contribution in [0.25, 0.3) is 0 Å². The third kappa shape index (κ3) is 4.46. The van der Waals surface area contributed by atoms with Gasteiger partial charge in [0.15, 0.2) is 0 Å². The number of hydrogen-bond donors (Lipinski definition) is 1. The molecule has 0 spiro atoms. The molecular formula is C19H19BrFN3O2. The number of benzene rings is 1. The maximum atomic E-state index is 14.0. The van der Waals surface area contributed by atoms with E-state index in [1.807, 2.05) is 12.1 Å². The summed E-state index contributed by atoms with van der Waals surface area (Å²) in [7, 11) is 0. The molecule has 3 rings (SSSR count). The van der Waals surface area contributed by atoms with Crippen LogP contribution < -0.4 is 5.32 Å². The Morgan fingerprint density at radius 2 is 2.04 bits per heavy atom. The Balaban J connectivity index is 1.52. The lowest BCUT2D eigenvalue weighted by Crippen LogP contribution is -2.43. The number of nitrogens with zero attached hydrogens (tertiary/aromatic N) is 2. The van der Waals surface area contributed by atoms with Crippen LogP contribution in [0.15, 0.2) is 47.2 Å². The van der Waals surface area contributed by atoms with Crippen LogP contribution in [0.1, 0.15) is 28.8 Å². The third-order valence-corrected chi connectivity index (χ3v) is 5.00. The number of likely N-dealkylation sites (tertiary alicyclic amines) is 1. The number of nitrogens with one attached hydrogen (secondary N) is 1. The van der Waals surface area contributed by atoms with Crippen molar-refractivity contribution >= 4 is 27.7 Å². The maximum absolute atomic E-state index is 14.0. The smallest absolute Gasteiger partial charge is 0.256 e. The Bertz CT molecular complexity index is 793. The van der Waals surface area contributed by atoms with E-state index in [4.69, 9.17) is 0 Å². The van der Waals surface area contributed by atoms with Gasteiger partial charge in [-0.2, -0.15) is 0 Å². The van der Waals surface area contributed by atoms with Gasteiger partial charge in [0.25, 0.3) is 5.91 Å². The number of carbonyl (C=O) groups is 2. The molecule has 2 aromatic rings. The van der Waals surface area contributed by atoms with E-state index in [-0.39, 0.29) is 23.3 Å². The van der Waals surface area contributed by atoms with Gasteiger partial charge in [-0.25, -0.2) is 4.39 Å². The van der Waals surface area contributed by atoms with Gasteiger partial charge in [0.1, 0.15) is 5.82 Å². The van der Waals surface area contributed by atoms with Crippen molar-refractivity contribution in [3.8, 4) is 0 Å². The minimum absolute atomic E-state index is 0.0178. The Hall–Kier alpha value is -2.28. The second kappa shape index (κ2) is 8.40. The largest absolute Gasteiger partial charge is 0.352 e. The van der Waals surface area contributed by atoms with E-state index in [0.717, 1.165) is 5.56 Å². The monoisotopic (exact) mass is 419 g/mol. The second-order valence-electron chi connectivity index (χ2n) is 6.27. The summed E-state index contributed by atoms with van der Waals surface area (Å²) < 4.78 is 14.6. The number of hydrogen-bond acceptors (Lipinski definition) is 3. The summed E-state index contributed by atoms with van der Waals surface area (Å²) >= 11 is 3.18. The van der Waals surface area contributed by atoms with Gasteiger partial charge in [0.05, 0.1) is 5.56 Å². The highest BCUT2D eigenvalue weighted by atomic mass is 79.9. The molecule has 1 saturated heterocycles. The minimum Gasteiger partial charge on any atom is -0.352 e. The minimum atomic E-state index is -0.541. The molecule has 136 valence electrons. The number of pyridine rings is 1. The fraction of sp³-hybridized carbons (Fsp3) is 0.316. The van der Waals surface area contributed by atoms with Gasteiger partial charge >= 0.3 is 0 Å². The average molecular weight is 420 g/mol. The van der Waals surface area contributed by atoms with Gasteiger partial charge in [0.2, 0.25) is 5.91 Å². The Labute approximate surface area is 159 Å². The predicted octanol–water partition coefficient (Wildman–Crippen LogP) is 3.15. The van der Waals surface area contributed by atoms with Crippen molar-refractivity contribution in [1.82, 2.24) is 15.2 Å². The van der Waals surface area contributed by atoms with E-state index in [1.165, 1.54) is 12.1 Å². The summed E-state index contributed by atoms with van der Waals surface area (Å²) in [6.07, 6.45) is 4.55. The Morgan fingerprint density at radius 3 is 2.69 bits per heavy atom. The first-order chi connectivity index (χ1) is 12.5. The molecule has 2 amide bonds. The number of aromatic nitrogens is 1. The quantitative estimate of drug-likeness (QED) is 0.827. The lowest BCUT2D eigenvalue weighted by molar-refractivity contribution is -0.126. The van der Waals surface area contributed by atoms with Crippen molar-refractivity contribution in [2.24, 2.45) is 5.92 Å². The average Bonchev–Trinajstić information content (AvgIpc) is 2.66. The molecule has 1 aromatic heterocycles. The van der Waals surface area contributed by atoms with Crippen LogP contribution in [0.2, 0.25) is 0 Å². The fourth-order valence-electron chi connectivity index (χ4n) is 3.01. The van der Waals surface area contributed by atoms with E-state index in [2.05, 4.69) is 26.2 Å². The van der Waals surface area contributed by atoms with Gasteiger partial charge in [-0.05, 0) is 42.7 Å². The molecule has 0 bridgehead atoms. The molecule has 2 heterocycles. The van der Waals surface area contributed by atoms with Crippen molar-refractivity contribution < 1.29 is 14.0 Å². The second-order valence-corrected chi connectivity index (χ2v) is 7.19. The van der Waals surface area contributed by atoms with Crippen LogP contribution in [0, 0.1) is 11.7 Å². The van der Waals surface area contributed by atoms with Crippen molar-refractivity contribution in [3.63, 3.8) is 0 Å². The molecule has 1 aliphatic rings. The predicted molar refractivity (Wildman–Crippen MR) is 98.8 cm³/mol. The summed E-state index contributed by atoms with van der Waals surface area (Å²) in [5.41, 5.74) is 1.01. The van der Waals surface area contributed by atoms with E-state index < -0.39 is 5.82 Å². The zero-order valence-electron chi connectivity index (χ0n) is 14.1. The molecule has 5 nitrogen and oxygen atoms in total. The first-order valence-corrected chi connectivity index (χ1v) is 9.25. The van der Waals surface area contributed by atoms with Crippen molar-refractivity contribution in [2.45, 2.75) is 19.4 Å². The maximum Gasteiger partial charge on any atom is 0.256 e. The SMILES string of the molecule is O=C(NCc1cccnc1)C1CCN(C(=O)c2ccc(Br)cc2F)CC1. The lowest BCUT2D eigenvalue weighted by atomic mass is 9.95. The van der Waals surface area contributed by atoms with E-state index >= 15 is 0 Å². The van der Waals surface area contributed by atoms with E-state index in [1.54, 1.807) is 23.4 Å². The zero-order chi connectivity index (χ0) is 18.5. The first-order valence-electron chi connectivity index (χ1n) is 8.45. The van der Waals surface area contributed by atoms with Gasteiger partial charge < -0.3 is 10.2 Å². The summed E-state index contributed by atoms with van der Waals surface area (Å²) in [6.45, 7) is 1.33. The topological polar surface area (TPSA) is 62.3 Å². The first kappa shape index (κ1) is 18.5. The van der Waals surface area contributed by atoms with Gasteiger partial charge in [-0.3, -0.25) is 14.6 Å². The fourth-order valence-corrected chi connectivity index (χ4v) is 3.35. The zero-order valence-corrected chi connectivity index (χ0v) is 15.7. The van der Waals surface area contributed by atoms with Crippen LogP contribution in [-0.2, 0) is 11.3 Å². The standard InChI is InChI=1S/C19H19BrFN3O2/c20-15-3-4-16(17(21)10-15)19(26)24-8-5-14(6-9-24)18(25)23-12-13-2-1-7-22-11-13/h1-4,7,10-11,14H,5-6,8-9,12H2,(H,23,25). The number of halogens is 2. The number of amides is 2. The molecule has 1 aromatic carbocycles. The highest BCUT2D eigenvalue weighted by Crippen LogP contribution is 2.22. The molecule has 1 aliphatic heterocycles. The van der Waals surface area contributed by atoms with Crippen molar-refractivity contribution in [2.75, 3.05) is 13.1 Å². The third-order valence-electron chi connectivity index (χ3n) is 4.50. The van der Waals surface area contributed by atoms with Crippen molar-refractivity contribution in [3.05, 3.63) is 64.1 Å². The molecule has 0 saturated carbocycles. The summed E-state index contributed by atoms with van der Waals surface area (Å²) in [5.74, 6) is -1.02. The van der Waals surface area contributed by atoms with Gasteiger partial charge in [0, 0.05) is 42.4 Å². The lowest BCUT2D eigenvalue weighted by Gasteiger charge is -2.31. The molecule has 26 heavy (non-hydrogen) atoms. The number of piperidine rings is 1. The van der Waals surface area contributed by atoms with Crippen molar-refractivity contribution in [1.29, 1.82) is 0 Å². The van der Waals surface area contributed by atoms with Crippen LogP contribution in [0.4, 0.5) is 4.39 Å². The van der Waals surface area contributed by atoms with Crippen LogP contribution >= 0.6 is 15.9 Å². The summed E-state index contributed by atoms with van der Waals surface area (Å²) in [6, 6.07) is 8.14. The molecule has 0 radical (unpaired) electrons. The Kier molecular flexibility index (Phi) is 5.98. The molecule has 0 aliphatic carbocycles. The molecular weight excluding hydrogens is 401 g/mol. The van der Waals surface area contributed by atoms with Gasteiger partial charge in [-0.15, -0.1) is 0 Å². The normalized spacial score (nSPS) is 14.9. The Morgan fingerprint density at radius 1 is 1.27 bits per heavy atom. The highest BCUT2D eigenvalue weighted by molar-refractivity contribution is 9.10. The van der Waals surface area contributed by atoms with Gasteiger partial charge in [-0.1, -0.05) is 22.0 Å². The number of carbonyl (C=O) groups excluding carboxylic acids is 2. The van der Waals surface area contributed by atoms with E-state index in [0.29, 0.717) is 36.9 Å². The molecule has 0 atom stereocenters. The summed E-state index contributed by atoms with van der Waals surface area (Å²) in [4.78, 5) is 30.4.